The van der Waals surface area contributed by atoms with Gasteiger partial charge in [0.05, 0.1) is 0 Å². The van der Waals surface area contributed by atoms with Crippen molar-refractivity contribution in [2.24, 2.45) is 0 Å². The van der Waals surface area contributed by atoms with Crippen LogP contribution in [0.15, 0.2) is 22.6 Å². The van der Waals surface area contributed by atoms with Crippen molar-refractivity contribution in [2.45, 2.75) is 6.61 Å². The number of fused-ring (bicyclic) bond motifs is 1. The van der Waals surface area contributed by atoms with Gasteiger partial charge in [0.25, 0.3) is 0 Å². The monoisotopic (exact) mass is 210 g/mol. The summed E-state index contributed by atoms with van der Waals surface area (Å²) >= 11 is 0. The number of hydrogen-bond donors (Lipinski definition) is 0. The zero-order valence-electron chi connectivity index (χ0n) is 7.28. The third-order valence-electron chi connectivity index (χ3n) is 1.69. The summed E-state index contributed by atoms with van der Waals surface area (Å²) in [4.78, 5) is 3.70. The molecule has 0 atom stereocenters. The lowest BCUT2D eigenvalue weighted by Gasteiger charge is -2.02. The summed E-state index contributed by atoms with van der Waals surface area (Å²) in [5.41, 5.74) is 0.360. The Labute approximate surface area is 82.7 Å². The molecule has 6 heteroatoms. The van der Waals surface area contributed by atoms with Crippen LogP contribution in [-0.2, 0) is 0 Å². The van der Waals surface area contributed by atoms with Gasteiger partial charge in [-0.15, -0.1) is 0 Å². The highest BCUT2D eigenvalue weighted by Crippen LogP contribution is 2.26. The van der Waals surface area contributed by atoms with Crippen LogP contribution >= 0.6 is 0 Å². The molecule has 0 aliphatic heterocycles. The molecule has 0 bridgehead atoms. The molecule has 0 aliphatic carbocycles. The topological polar surface area (TPSA) is 59.0 Å². The van der Waals surface area contributed by atoms with E-state index in [1.165, 1.54) is 18.2 Å². The Morgan fingerprint density at radius 3 is 2.93 bits per heavy atom. The molecular formula is C9H4F2N2O2. The van der Waals surface area contributed by atoms with Crippen LogP contribution in [-0.4, -0.2) is 11.6 Å². The van der Waals surface area contributed by atoms with Crippen molar-refractivity contribution in [2.75, 3.05) is 0 Å². The number of alkyl halides is 2. The molecule has 0 spiro atoms. The number of halogens is 2. The molecule has 0 amide bonds. The van der Waals surface area contributed by atoms with Crippen LogP contribution in [0.2, 0.25) is 0 Å². The molecule has 0 N–H and O–H groups in total. The van der Waals surface area contributed by atoms with Gasteiger partial charge >= 0.3 is 12.5 Å². The molecule has 0 fully saturated rings. The van der Waals surface area contributed by atoms with Gasteiger partial charge in [0.1, 0.15) is 0 Å². The standard InChI is InChI=1S/C9H4F2N2O2/c10-9(11)15-6-3-1-2-5-8(6)13-7(4-12)14-5/h1-3,9H. The van der Waals surface area contributed by atoms with Gasteiger partial charge < -0.3 is 9.15 Å². The van der Waals surface area contributed by atoms with E-state index in [0.29, 0.717) is 0 Å². The molecule has 0 radical (unpaired) electrons. The van der Waals surface area contributed by atoms with Crippen molar-refractivity contribution in [3.05, 3.63) is 24.1 Å². The lowest BCUT2D eigenvalue weighted by atomic mass is 10.3. The van der Waals surface area contributed by atoms with E-state index >= 15 is 0 Å². The van der Waals surface area contributed by atoms with Crippen LogP contribution in [0.4, 0.5) is 8.78 Å². The van der Waals surface area contributed by atoms with E-state index in [1.807, 2.05) is 0 Å². The highest BCUT2D eigenvalue weighted by atomic mass is 19.3. The molecule has 2 aromatic rings. The Balaban J connectivity index is 2.55. The van der Waals surface area contributed by atoms with Gasteiger partial charge in [-0.05, 0) is 12.1 Å². The Bertz CT molecular complexity index is 530. The number of ether oxygens (including phenoxy) is 1. The number of para-hydroxylation sites is 1. The highest BCUT2D eigenvalue weighted by molar-refractivity contribution is 5.80. The lowest BCUT2D eigenvalue weighted by molar-refractivity contribution is -0.0489. The van der Waals surface area contributed by atoms with Crippen LogP contribution in [0.5, 0.6) is 5.75 Å². The highest BCUT2D eigenvalue weighted by Gasteiger charge is 2.13. The molecular weight excluding hydrogens is 206 g/mol. The molecule has 0 aliphatic rings. The van der Waals surface area contributed by atoms with Crippen LogP contribution in [0.1, 0.15) is 5.89 Å². The van der Waals surface area contributed by atoms with Crippen LogP contribution < -0.4 is 4.74 Å². The molecule has 0 unspecified atom stereocenters. The van der Waals surface area contributed by atoms with Gasteiger partial charge in [0.15, 0.2) is 22.9 Å². The summed E-state index contributed by atoms with van der Waals surface area (Å²) in [5.74, 6) is -0.289. The SMILES string of the molecule is N#Cc1nc2c(OC(F)F)cccc2o1. The van der Waals surface area contributed by atoms with E-state index < -0.39 is 6.61 Å². The average Bonchev–Trinajstić information content (AvgIpc) is 2.61. The van der Waals surface area contributed by atoms with Crippen molar-refractivity contribution in [3.63, 3.8) is 0 Å². The van der Waals surface area contributed by atoms with Crippen molar-refractivity contribution in [3.8, 4) is 11.8 Å². The number of benzene rings is 1. The van der Waals surface area contributed by atoms with E-state index in [2.05, 4.69) is 9.72 Å². The Kier molecular flexibility index (Phi) is 2.21. The molecule has 2 rings (SSSR count). The number of hydrogen-bond acceptors (Lipinski definition) is 4. The summed E-state index contributed by atoms with van der Waals surface area (Å²) in [6.07, 6.45) is 0. The zero-order chi connectivity index (χ0) is 10.8. The molecule has 76 valence electrons. The summed E-state index contributed by atoms with van der Waals surface area (Å²) in [7, 11) is 0. The lowest BCUT2D eigenvalue weighted by Crippen LogP contribution is -2.02. The van der Waals surface area contributed by atoms with Gasteiger partial charge in [-0.1, -0.05) is 6.07 Å². The minimum absolute atomic E-state index is 0.104. The first-order valence-electron chi connectivity index (χ1n) is 3.95. The van der Waals surface area contributed by atoms with E-state index in [9.17, 15) is 8.78 Å². The Morgan fingerprint density at radius 1 is 1.47 bits per heavy atom. The second-order valence-electron chi connectivity index (χ2n) is 2.61. The summed E-state index contributed by atoms with van der Waals surface area (Å²) in [6.45, 7) is -2.93. The number of rotatable bonds is 2. The maximum atomic E-state index is 12.0. The van der Waals surface area contributed by atoms with Crippen molar-refractivity contribution < 1.29 is 17.9 Å². The van der Waals surface area contributed by atoms with E-state index in [1.54, 1.807) is 6.07 Å². The predicted molar refractivity (Wildman–Crippen MR) is 45.4 cm³/mol. The minimum atomic E-state index is -2.93. The number of oxazole rings is 1. The smallest absolute Gasteiger partial charge is 0.387 e. The van der Waals surface area contributed by atoms with Crippen molar-refractivity contribution >= 4 is 11.1 Å². The largest absolute Gasteiger partial charge is 0.432 e. The van der Waals surface area contributed by atoms with Gasteiger partial charge in [-0.2, -0.15) is 19.0 Å². The summed E-state index contributed by atoms with van der Waals surface area (Å²) in [6, 6.07) is 6.00. The Morgan fingerprint density at radius 2 is 2.27 bits per heavy atom. The second kappa shape index (κ2) is 3.53. The first kappa shape index (κ1) is 9.40. The van der Waals surface area contributed by atoms with E-state index in [-0.39, 0.29) is 22.7 Å². The molecule has 1 aromatic heterocycles. The van der Waals surface area contributed by atoms with Gasteiger partial charge in [0, 0.05) is 0 Å². The maximum Gasteiger partial charge on any atom is 0.387 e. The third-order valence-corrected chi connectivity index (χ3v) is 1.69. The fourth-order valence-corrected chi connectivity index (χ4v) is 1.16. The van der Waals surface area contributed by atoms with Crippen molar-refractivity contribution in [1.29, 1.82) is 5.26 Å². The fourth-order valence-electron chi connectivity index (χ4n) is 1.16. The summed E-state index contributed by atoms with van der Waals surface area (Å²) < 4.78 is 33.1. The molecule has 0 saturated carbocycles. The molecule has 4 nitrogen and oxygen atoms in total. The molecule has 1 heterocycles. The van der Waals surface area contributed by atoms with Crippen LogP contribution in [0.3, 0.4) is 0 Å². The molecule has 1 aromatic carbocycles. The maximum absolute atomic E-state index is 12.0. The van der Waals surface area contributed by atoms with Gasteiger partial charge in [0.2, 0.25) is 0 Å². The minimum Gasteiger partial charge on any atom is -0.432 e. The average molecular weight is 210 g/mol. The van der Waals surface area contributed by atoms with Crippen LogP contribution in [0, 0.1) is 11.3 Å². The molecule has 0 saturated heterocycles. The number of nitriles is 1. The second-order valence-corrected chi connectivity index (χ2v) is 2.61. The van der Waals surface area contributed by atoms with Gasteiger partial charge in [-0.25, -0.2) is 0 Å². The van der Waals surface area contributed by atoms with Crippen molar-refractivity contribution in [1.82, 2.24) is 4.98 Å². The quantitative estimate of drug-likeness (QED) is 0.762. The van der Waals surface area contributed by atoms with Crippen LogP contribution in [0.25, 0.3) is 11.1 Å². The first-order chi connectivity index (χ1) is 7.20. The summed E-state index contributed by atoms with van der Waals surface area (Å²) in [5, 5.41) is 8.52. The van der Waals surface area contributed by atoms with Gasteiger partial charge in [-0.3, -0.25) is 0 Å². The predicted octanol–water partition coefficient (Wildman–Crippen LogP) is 2.30. The number of nitrogens with zero attached hydrogens (tertiary/aromatic N) is 2. The third kappa shape index (κ3) is 1.72. The normalized spacial score (nSPS) is 10.5. The molecule has 15 heavy (non-hydrogen) atoms. The Hall–Kier alpha value is -2.16. The van der Waals surface area contributed by atoms with E-state index in [0.717, 1.165) is 0 Å². The zero-order valence-corrected chi connectivity index (χ0v) is 7.28. The fraction of sp³-hybridized carbons (Fsp3) is 0.111. The first-order valence-corrected chi connectivity index (χ1v) is 3.95. The number of aromatic nitrogens is 1. The van der Waals surface area contributed by atoms with E-state index in [4.69, 9.17) is 9.68 Å².